The Morgan fingerprint density at radius 1 is 1.12 bits per heavy atom. The van der Waals surface area contributed by atoms with E-state index in [4.69, 9.17) is 4.74 Å². The average molecular weight is 435 g/mol. The largest absolute Gasteiger partial charge is 0.474 e. The molecular weight excluding hydrogens is 412 g/mol. The highest BCUT2D eigenvalue weighted by molar-refractivity contribution is 5.90. The first-order valence-corrected chi connectivity index (χ1v) is 10.3. The predicted molar refractivity (Wildman–Crippen MR) is 123 cm³/mol. The maximum Gasteiger partial charge on any atom is 0.227 e. The summed E-state index contributed by atoms with van der Waals surface area (Å²) in [4.78, 5) is 17.6. The van der Waals surface area contributed by atoms with Gasteiger partial charge in [0.2, 0.25) is 5.88 Å². The van der Waals surface area contributed by atoms with Crippen LogP contribution in [0.4, 0.5) is 20.3 Å². The number of benzene rings is 1. The highest BCUT2D eigenvalue weighted by Crippen LogP contribution is 2.31. The molecule has 0 bridgehead atoms. The second kappa shape index (κ2) is 8.78. The first-order chi connectivity index (χ1) is 15.3. The molecule has 0 unspecified atom stereocenters. The quantitative estimate of drug-likeness (QED) is 0.532. The number of rotatable bonds is 5. The Bertz CT molecular complexity index is 1320. The second-order valence-corrected chi connectivity index (χ2v) is 7.80. The van der Waals surface area contributed by atoms with Gasteiger partial charge in [-0.15, -0.1) is 0 Å². The maximum absolute atomic E-state index is 13.9. The van der Waals surface area contributed by atoms with Crippen molar-refractivity contribution >= 4 is 28.1 Å². The third kappa shape index (κ3) is 4.46. The summed E-state index contributed by atoms with van der Waals surface area (Å²) < 4.78 is 34.9. The minimum atomic E-state index is -0.362. The van der Waals surface area contributed by atoms with E-state index in [1.807, 2.05) is 25.3 Å². The molecular formula is C25H23F2N3O2. The van der Waals surface area contributed by atoms with Gasteiger partial charge in [0, 0.05) is 29.6 Å². The molecule has 5 nitrogen and oxygen atoms in total. The molecule has 0 saturated carbocycles. The lowest BCUT2D eigenvalue weighted by Gasteiger charge is -2.21. The summed E-state index contributed by atoms with van der Waals surface area (Å²) in [5.41, 5.74) is 2.21. The number of fused-ring (bicyclic) bond motifs is 1. The predicted octanol–water partition coefficient (Wildman–Crippen LogP) is 6.03. The lowest BCUT2D eigenvalue weighted by molar-refractivity contribution is 0.235. The Morgan fingerprint density at radius 3 is 2.59 bits per heavy atom. The molecule has 1 N–H and O–H groups in total. The van der Waals surface area contributed by atoms with E-state index in [1.54, 1.807) is 36.4 Å². The number of hydrogen-bond donors (Lipinski definition) is 1. The van der Waals surface area contributed by atoms with Gasteiger partial charge in [0.05, 0.1) is 11.6 Å². The van der Waals surface area contributed by atoms with E-state index in [-0.39, 0.29) is 35.5 Å². The third-order valence-electron chi connectivity index (χ3n) is 4.85. The fourth-order valence-corrected chi connectivity index (χ4v) is 3.53. The van der Waals surface area contributed by atoms with E-state index in [9.17, 15) is 13.6 Å². The summed E-state index contributed by atoms with van der Waals surface area (Å²) in [5.74, 6) is 0.0683. The van der Waals surface area contributed by atoms with Crippen LogP contribution in [0.3, 0.4) is 0 Å². The first kappa shape index (κ1) is 21.5. The molecule has 1 aliphatic rings. The van der Waals surface area contributed by atoms with Crippen LogP contribution in [-0.2, 0) is 0 Å². The molecule has 164 valence electrons. The fraction of sp³-hybridized carbons (Fsp3) is 0.200. The van der Waals surface area contributed by atoms with Crippen LogP contribution in [0.2, 0.25) is 0 Å². The van der Waals surface area contributed by atoms with Crippen molar-refractivity contribution in [2.24, 2.45) is 0 Å². The van der Waals surface area contributed by atoms with Crippen LogP contribution in [0.1, 0.15) is 26.0 Å². The summed E-state index contributed by atoms with van der Waals surface area (Å²) >= 11 is 0. The highest BCUT2D eigenvalue weighted by Gasteiger charge is 2.18. The topological polar surface area (TPSA) is 56.1 Å². The van der Waals surface area contributed by atoms with Crippen molar-refractivity contribution in [1.82, 2.24) is 9.55 Å². The Balaban J connectivity index is 2.02. The molecule has 0 fully saturated rings. The van der Waals surface area contributed by atoms with Gasteiger partial charge in [0.1, 0.15) is 22.8 Å². The molecule has 0 saturated heterocycles. The number of aryl methyl sites for hydroxylation is 1. The molecule has 4 rings (SSSR count). The molecule has 1 aromatic carbocycles. The Morgan fingerprint density at radius 2 is 1.88 bits per heavy atom. The van der Waals surface area contributed by atoms with Crippen molar-refractivity contribution in [3.63, 3.8) is 0 Å². The van der Waals surface area contributed by atoms with Crippen LogP contribution < -0.4 is 15.5 Å². The van der Waals surface area contributed by atoms with Crippen molar-refractivity contribution < 1.29 is 13.5 Å². The number of aromatic nitrogens is 2. The number of pyridine rings is 2. The first-order valence-electron chi connectivity index (χ1n) is 10.3. The molecule has 32 heavy (non-hydrogen) atoms. The normalized spacial score (nSPS) is 13.7. The number of ether oxygens (including phenoxy) is 1. The zero-order chi connectivity index (χ0) is 22.8. The molecule has 0 radical (unpaired) electrons. The zero-order valence-electron chi connectivity index (χ0n) is 18.0. The lowest BCUT2D eigenvalue weighted by Crippen LogP contribution is -2.16. The fourth-order valence-electron chi connectivity index (χ4n) is 3.53. The Kier molecular flexibility index (Phi) is 5.90. The minimum absolute atomic E-state index is 0.175. The van der Waals surface area contributed by atoms with Crippen LogP contribution in [0, 0.1) is 12.7 Å². The van der Waals surface area contributed by atoms with E-state index < -0.39 is 0 Å². The van der Waals surface area contributed by atoms with Crippen molar-refractivity contribution in [1.29, 1.82) is 0 Å². The maximum atomic E-state index is 13.9. The molecule has 0 atom stereocenters. The lowest BCUT2D eigenvalue weighted by atomic mass is 10.2. The summed E-state index contributed by atoms with van der Waals surface area (Å²) in [6, 6.07) is 9.05. The van der Waals surface area contributed by atoms with E-state index in [2.05, 4.69) is 10.3 Å². The minimum Gasteiger partial charge on any atom is -0.474 e. The molecule has 2 heterocycles. The van der Waals surface area contributed by atoms with Gasteiger partial charge in [-0.1, -0.05) is 6.08 Å². The van der Waals surface area contributed by atoms with Crippen LogP contribution >= 0.6 is 0 Å². The smallest absolute Gasteiger partial charge is 0.227 e. The van der Waals surface area contributed by atoms with Crippen molar-refractivity contribution in [3.8, 4) is 5.88 Å². The molecule has 1 aliphatic carbocycles. The number of hydrogen-bond acceptors (Lipinski definition) is 4. The molecule has 2 aromatic heterocycles. The van der Waals surface area contributed by atoms with Crippen LogP contribution in [0.15, 0.2) is 71.3 Å². The molecule has 7 heteroatoms. The van der Waals surface area contributed by atoms with Crippen molar-refractivity contribution in [2.75, 3.05) is 5.32 Å². The van der Waals surface area contributed by atoms with Crippen molar-refractivity contribution in [3.05, 3.63) is 88.3 Å². The third-order valence-corrected chi connectivity index (χ3v) is 4.85. The molecule has 0 aliphatic heterocycles. The highest BCUT2D eigenvalue weighted by atomic mass is 19.1. The standard InChI is InChI=1S/C25H23F2N3O2/c1-15(2)32-25-24-21(13-16(3)28-25)30(20-6-4-5-17(26)9-12-20)23(14-22(24)31)29-19-10-7-18(27)8-11-19/h4,6-15,29H,5H2,1-3H3. The summed E-state index contributed by atoms with van der Waals surface area (Å²) in [6.07, 6.45) is 6.57. The monoisotopic (exact) mass is 435 g/mol. The zero-order valence-corrected chi connectivity index (χ0v) is 18.0. The van der Waals surface area contributed by atoms with Gasteiger partial charge >= 0.3 is 0 Å². The summed E-state index contributed by atoms with van der Waals surface area (Å²) in [6.45, 7) is 5.55. The number of halogens is 2. The SMILES string of the molecule is Cc1cc2c(c(OC(C)C)n1)c(=O)cc(Nc1ccc(F)cc1)n2C1=CC=C(F)CC=C1. The van der Waals surface area contributed by atoms with Gasteiger partial charge in [-0.05, 0) is 69.3 Å². The van der Waals surface area contributed by atoms with Gasteiger partial charge in [-0.25, -0.2) is 13.8 Å². The van der Waals surface area contributed by atoms with E-state index in [1.165, 1.54) is 24.3 Å². The summed E-state index contributed by atoms with van der Waals surface area (Å²) in [5, 5.41) is 3.52. The summed E-state index contributed by atoms with van der Waals surface area (Å²) in [7, 11) is 0. The van der Waals surface area contributed by atoms with Gasteiger partial charge in [0.25, 0.3) is 0 Å². The molecule has 3 aromatic rings. The number of nitrogens with zero attached hydrogens (tertiary/aromatic N) is 2. The van der Waals surface area contributed by atoms with Crippen LogP contribution in [0.5, 0.6) is 5.88 Å². The Hall–Kier alpha value is -3.74. The van der Waals surface area contributed by atoms with Gasteiger partial charge in [-0.2, -0.15) is 0 Å². The molecule has 0 spiro atoms. The number of allylic oxidation sites excluding steroid dienone is 6. The number of nitrogens with one attached hydrogen (secondary N) is 1. The second-order valence-electron chi connectivity index (χ2n) is 7.80. The Labute approximate surface area is 184 Å². The van der Waals surface area contributed by atoms with E-state index >= 15 is 0 Å². The molecule has 0 amide bonds. The average Bonchev–Trinajstić information content (AvgIpc) is 2.93. The number of anilines is 2. The van der Waals surface area contributed by atoms with E-state index in [0.29, 0.717) is 33.8 Å². The van der Waals surface area contributed by atoms with Gasteiger partial charge in [-0.3, -0.25) is 9.36 Å². The van der Waals surface area contributed by atoms with Crippen molar-refractivity contribution in [2.45, 2.75) is 33.3 Å². The van der Waals surface area contributed by atoms with Crippen LogP contribution in [0.25, 0.3) is 16.6 Å². The van der Waals surface area contributed by atoms with Gasteiger partial charge < -0.3 is 10.1 Å². The van der Waals surface area contributed by atoms with Crippen LogP contribution in [-0.4, -0.2) is 15.7 Å². The van der Waals surface area contributed by atoms with E-state index in [0.717, 1.165) is 0 Å². The van der Waals surface area contributed by atoms with Gasteiger partial charge in [0.15, 0.2) is 5.43 Å².